The van der Waals surface area contributed by atoms with E-state index in [1.807, 2.05) is 0 Å². The number of hydrogen-bond donors (Lipinski definition) is 3. The highest BCUT2D eigenvalue weighted by Crippen LogP contribution is 2.20. The van der Waals surface area contributed by atoms with Crippen molar-refractivity contribution in [2.45, 2.75) is 4.90 Å². The molecule has 3 heterocycles. The molecule has 32 heavy (non-hydrogen) atoms. The fourth-order valence-electron chi connectivity index (χ4n) is 2.37. The number of anilines is 3. The zero-order valence-corrected chi connectivity index (χ0v) is 17.6. The van der Waals surface area contributed by atoms with Crippen LogP contribution in [-0.4, -0.2) is 40.2 Å². The molecule has 0 bridgehead atoms. The maximum atomic E-state index is 12.4. The van der Waals surface area contributed by atoms with E-state index in [9.17, 15) is 18.0 Å². The van der Waals surface area contributed by atoms with Gasteiger partial charge in [-0.05, 0) is 24.3 Å². The topological polar surface area (TPSA) is 169 Å². The number of hydrogen-bond acceptors (Lipinski definition) is 10. The molecule has 0 aliphatic heterocycles. The number of aromatic nitrogens is 4. The Bertz CT molecular complexity index is 1340. The Morgan fingerprint density at radius 3 is 2.41 bits per heavy atom. The monoisotopic (exact) mass is 471 g/mol. The van der Waals surface area contributed by atoms with Gasteiger partial charge in [-0.1, -0.05) is 0 Å². The Hall–Kier alpha value is -4.17. The molecule has 0 spiro atoms. The zero-order valence-electron chi connectivity index (χ0n) is 15.9. The molecule has 1 aromatic carbocycles. The van der Waals surface area contributed by atoms with E-state index in [2.05, 4.69) is 35.3 Å². The second kappa shape index (κ2) is 8.91. The highest BCUT2D eigenvalue weighted by atomic mass is 32.2. The van der Waals surface area contributed by atoms with Crippen LogP contribution in [0.15, 0.2) is 70.0 Å². The van der Waals surface area contributed by atoms with E-state index in [-0.39, 0.29) is 27.4 Å². The molecule has 4 aromatic rings. The van der Waals surface area contributed by atoms with Crippen LogP contribution in [0.1, 0.15) is 21.0 Å². The number of sulfonamides is 1. The van der Waals surface area contributed by atoms with Crippen LogP contribution in [0, 0.1) is 0 Å². The van der Waals surface area contributed by atoms with Crippen LogP contribution in [0.4, 0.5) is 16.8 Å². The standard InChI is InChI=1S/C18H13N7O5S2/c26-15(13-9-19-5-6-20-13)24-17-23-14(10-30-17)16(27)22-11-1-3-12(4-2-11)32(28,29)25-18-21-7-8-31-18/h1-10H,(H,21,25)(H,22,27)(H,23,24,26). The lowest BCUT2D eigenvalue weighted by Crippen LogP contribution is -2.15. The highest BCUT2D eigenvalue weighted by molar-refractivity contribution is 7.93. The Labute approximate surface area is 184 Å². The SMILES string of the molecule is O=C(Nc1ccc(S(=O)(=O)Nc2nccs2)cc1)c1coc(NC(=O)c2cnccn2)n1. The Morgan fingerprint density at radius 2 is 1.72 bits per heavy atom. The third-order valence-corrected chi connectivity index (χ3v) is 6.00. The number of nitrogens with one attached hydrogen (secondary N) is 3. The Morgan fingerprint density at radius 1 is 0.938 bits per heavy atom. The molecule has 0 unspecified atom stereocenters. The summed E-state index contributed by atoms with van der Waals surface area (Å²) in [5.41, 5.74) is 0.286. The van der Waals surface area contributed by atoms with E-state index < -0.39 is 21.8 Å². The van der Waals surface area contributed by atoms with E-state index >= 15 is 0 Å². The van der Waals surface area contributed by atoms with Gasteiger partial charge in [-0.2, -0.15) is 4.98 Å². The van der Waals surface area contributed by atoms with Crippen molar-refractivity contribution in [1.29, 1.82) is 0 Å². The van der Waals surface area contributed by atoms with Gasteiger partial charge in [-0.15, -0.1) is 11.3 Å². The van der Waals surface area contributed by atoms with Gasteiger partial charge in [-0.25, -0.2) is 18.4 Å². The number of nitrogens with zero attached hydrogens (tertiary/aromatic N) is 4. The summed E-state index contributed by atoms with van der Waals surface area (Å²) in [6.45, 7) is 0. The highest BCUT2D eigenvalue weighted by Gasteiger charge is 2.18. The average molecular weight is 471 g/mol. The van der Waals surface area contributed by atoms with Crippen LogP contribution < -0.4 is 15.4 Å². The third kappa shape index (κ3) is 4.93. The average Bonchev–Trinajstić information content (AvgIpc) is 3.47. The minimum Gasteiger partial charge on any atom is -0.431 e. The smallest absolute Gasteiger partial charge is 0.302 e. The van der Waals surface area contributed by atoms with Crippen LogP contribution in [-0.2, 0) is 10.0 Å². The van der Waals surface area contributed by atoms with Crippen molar-refractivity contribution in [3.8, 4) is 0 Å². The molecule has 4 rings (SSSR count). The summed E-state index contributed by atoms with van der Waals surface area (Å²) < 4.78 is 32.1. The van der Waals surface area contributed by atoms with Crippen molar-refractivity contribution in [2.75, 3.05) is 15.4 Å². The minimum absolute atomic E-state index is 0.00106. The lowest BCUT2D eigenvalue weighted by molar-refractivity contribution is 0.101. The van der Waals surface area contributed by atoms with Crippen LogP contribution >= 0.6 is 11.3 Å². The molecule has 3 aromatic heterocycles. The van der Waals surface area contributed by atoms with Crippen LogP contribution in [0.3, 0.4) is 0 Å². The number of amides is 2. The number of oxazole rings is 1. The largest absolute Gasteiger partial charge is 0.431 e. The number of rotatable bonds is 7. The second-order valence-electron chi connectivity index (χ2n) is 6.00. The van der Waals surface area contributed by atoms with Crippen molar-refractivity contribution >= 4 is 50.0 Å². The quantitative estimate of drug-likeness (QED) is 0.366. The summed E-state index contributed by atoms with van der Waals surface area (Å²) in [4.78, 5) is 39.8. The van der Waals surface area contributed by atoms with Gasteiger partial charge in [-0.3, -0.25) is 24.6 Å². The predicted molar refractivity (Wildman–Crippen MR) is 114 cm³/mol. The molecule has 0 saturated carbocycles. The molecule has 0 saturated heterocycles. The molecule has 2 amide bonds. The first-order valence-corrected chi connectivity index (χ1v) is 11.1. The van der Waals surface area contributed by atoms with Crippen LogP contribution in [0.2, 0.25) is 0 Å². The van der Waals surface area contributed by atoms with Crippen LogP contribution in [0.5, 0.6) is 0 Å². The first-order valence-electron chi connectivity index (χ1n) is 8.77. The summed E-state index contributed by atoms with van der Waals surface area (Å²) >= 11 is 1.15. The van der Waals surface area contributed by atoms with Gasteiger partial charge in [0.05, 0.1) is 11.1 Å². The molecule has 14 heteroatoms. The van der Waals surface area contributed by atoms with Gasteiger partial charge in [0.25, 0.3) is 21.8 Å². The molecule has 0 aliphatic carbocycles. The van der Waals surface area contributed by atoms with Crippen molar-refractivity contribution in [3.63, 3.8) is 0 Å². The Balaban J connectivity index is 1.38. The molecule has 162 valence electrons. The van der Waals surface area contributed by atoms with Crippen molar-refractivity contribution in [1.82, 2.24) is 19.9 Å². The predicted octanol–water partition coefficient (Wildman–Crippen LogP) is 2.23. The first kappa shape index (κ1) is 21.1. The van der Waals surface area contributed by atoms with Crippen LogP contribution in [0.25, 0.3) is 0 Å². The summed E-state index contributed by atoms with van der Waals surface area (Å²) in [6.07, 6.45) is 6.59. The summed E-state index contributed by atoms with van der Waals surface area (Å²) in [5, 5.41) is 6.81. The number of benzene rings is 1. The second-order valence-corrected chi connectivity index (χ2v) is 8.58. The van der Waals surface area contributed by atoms with Gasteiger partial charge < -0.3 is 9.73 Å². The molecule has 12 nitrogen and oxygen atoms in total. The number of carbonyl (C=O) groups excluding carboxylic acids is 2. The normalized spacial score (nSPS) is 11.0. The van der Waals surface area contributed by atoms with E-state index in [1.165, 1.54) is 49.1 Å². The molecular weight excluding hydrogens is 458 g/mol. The van der Waals surface area contributed by atoms with E-state index in [0.29, 0.717) is 5.69 Å². The summed E-state index contributed by atoms with van der Waals surface area (Å²) in [7, 11) is -3.80. The van der Waals surface area contributed by atoms with E-state index in [0.717, 1.165) is 17.6 Å². The Kier molecular flexibility index (Phi) is 5.87. The van der Waals surface area contributed by atoms with Crippen molar-refractivity contribution in [3.05, 3.63) is 72.1 Å². The molecule has 0 radical (unpaired) electrons. The fourth-order valence-corrected chi connectivity index (χ4v) is 4.16. The maximum absolute atomic E-state index is 12.4. The van der Waals surface area contributed by atoms with Gasteiger partial charge >= 0.3 is 6.01 Å². The molecule has 0 atom stereocenters. The van der Waals surface area contributed by atoms with Gasteiger partial charge in [0.1, 0.15) is 12.0 Å². The number of thiazole rings is 1. The minimum atomic E-state index is -3.80. The molecule has 0 aliphatic rings. The lowest BCUT2D eigenvalue weighted by atomic mass is 10.3. The lowest BCUT2D eigenvalue weighted by Gasteiger charge is -2.07. The molecule has 0 fully saturated rings. The zero-order chi connectivity index (χ0) is 22.6. The van der Waals surface area contributed by atoms with E-state index in [1.54, 1.807) is 5.38 Å². The van der Waals surface area contributed by atoms with Crippen molar-refractivity contribution < 1.29 is 22.4 Å². The fraction of sp³-hybridized carbons (Fsp3) is 0. The first-order chi connectivity index (χ1) is 15.4. The van der Waals surface area contributed by atoms with Crippen molar-refractivity contribution in [2.24, 2.45) is 0 Å². The summed E-state index contributed by atoms with van der Waals surface area (Å²) in [5.74, 6) is -1.22. The van der Waals surface area contributed by atoms with Gasteiger partial charge in [0.15, 0.2) is 10.8 Å². The maximum Gasteiger partial charge on any atom is 0.302 e. The van der Waals surface area contributed by atoms with Gasteiger partial charge in [0, 0.05) is 29.7 Å². The third-order valence-electron chi connectivity index (χ3n) is 3.83. The summed E-state index contributed by atoms with van der Waals surface area (Å²) in [6, 6.07) is 5.32. The molecule has 3 N–H and O–H groups in total. The molecular formula is C18H13N7O5S2. The number of carbonyl (C=O) groups is 2. The van der Waals surface area contributed by atoms with E-state index in [4.69, 9.17) is 4.42 Å². The van der Waals surface area contributed by atoms with Gasteiger partial charge in [0.2, 0.25) is 0 Å².